The molecule has 0 fully saturated rings. The van der Waals surface area contributed by atoms with Gasteiger partial charge in [0.1, 0.15) is 5.75 Å². The molecule has 3 heteroatoms. The third-order valence-electron chi connectivity index (χ3n) is 1.60. The number of hydrogen-bond donors (Lipinski definition) is 1. The lowest BCUT2D eigenvalue weighted by Gasteiger charge is -2.02. The Morgan fingerprint density at radius 2 is 2.25 bits per heavy atom. The van der Waals surface area contributed by atoms with Gasteiger partial charge in [-0.15, -0.1) is 0 Å². The van der Waals surface area contributed by atoms with E-state index in [1.165, 1.54) is 6.07 Å². The van der Waals surface area contributed by atoms with Crippen molar-refractivity contribution in [3.8, 4) is 5.75 Å². The Balaban J connectivity index is 3.16. The van der Waals surface area contributed by atoms with Crippen LogP contribution in [0, 0.1) is 0 Å². The van der Waals surface area contributed by atoms with Gasteiger partial charge in [0.05, 0.1) is 4.47 Å². The van der Waals surface area contributed by atoms with Gasteiger partial charge in [0, 0.05) is 12.0 Å². The van der Waals surface area contributed by atoms with Gasteiger partial charge in [-0.2, -0.15) is 0 Å². The second kappa shape index (κ2) is 3.72. The summed E-state index contributed by atoms with van der Waals surface area (Å²) in [5.41, 5.74) is 0.539. The summed E-state index contributed by atoms with van der Waals surface area (Å²) in [6.07, 6.45) is 0.446. The molecule has 1 aromatic rings. The fraction of sp³-hybridized carbons (Fsp3) is 0.222. The van der Waals surface area contributed by atoms with Crippen LogP contribution in [0.25, 0.3) is 0 Å². The average Bonchev–Trinajstić information content (AvgIpc) is 2.08. The number of benzene rings is 1. The van der Waals surface area contributed by atoms with E-state index >= 15 is 0 Å². The van der Waals surface area contributed by atoms with Crippen molar-refractivity contribution in [3.05, 3.63) is 28.2 Å². The van der Waals surface area contributed by atoms with Gasteiger partial charge in [-0.3, -0.25) is 4.79 Å². The highest BCUT2D eigenvalue weighted by Gasteiger charge is 2.09. The van der Waals surface area contributed by atoms with Crippen molar-refractivity contribution in [2.45, 2.75) is 13.3 Å². The Morgan fingerprint density at radius 1 is 1.58 bits per heavy atom. The lowest BCUT2D eigenvalue weighted by atomic mass is 10.1. The first-order chi connectivity index (χ1) is 5.66. The summed E-state index contributed by atoms with van der Waals surface area (Å²) in [7, 11) is 0. The Hall–Kier alpha value is -0.830. The topological polar surface area (TPSA) is 37.3 Å². The van der Waals surface area contributed by atoms with Gasteiger partial charge in [-0.25, -0.2) is 0 Å². The predicted octanol–water partition coefficient (Wildman–Crippen LogP) is 2.75. The van der Waals surface area contributed by atoms with Crippen LogP contribution in [-0.4, -0.2) is 10.9 Å². The third-order valence-corrected chi connectivity index (χ3v) is 2.43. The molecule has 0 saturated carbocycles. The molecule has 1 aromatic carbocycles. The van der Waals surface area contributed by atoms with E-state index in [4.69, 9.17) is 0 Å². The summed E-state index contributed by atoms with van der Waals surface area (Å²) in [6, 6.07) is 4.88. The van der Waals surface area contributed by atoms with Crippen molar-refractivity contribution in [1.29, 1.82) is 0 Å². The van der Waals surface area contributed by atoms with E-state index in [-0.39, 0.29) is 11.5 Å². The standard InChI is InChI=1S/C9H9BrO2/c1-2-7(11)6-4-3-5-8(12)9(6)10/h3-5,12H,2H2,1H3. The number of Topliss-reactive ketones (excluding diaryl/α,β-unsaturated/α-hetero) is 1. The molecule has 64 valence electrons. The van der Waals surface area contributed by atoms with Crippen LogP contribution in [0.15, 0.2) is 22.7 Å². The summed E-state index contributed by atoms with van der Waals surface area (Å²) < 4.78 is 0.483. The molecule has 0 aliphatic rings. The molecule has 0 saturated heterocycles. The summed E-state index contributed by atoms with van der Waals surface area (Å²) in [5.74, 6) is 0.132. The molecule has 0 spiro atoms. The maximum atomic E-state index is 11.2. The molecule has 2 nitrogen and oxygen atoms in total. The van der Waals surface area contributed by atoms with Crippen LogP contribution < -0.4 is 0 Å². The zero-order valence-electron chi connectivity index (χ0n) is 6.67. The highest BCUT2D eigenvalue weighted by Crippen LogP contribution is 2.27. The van der Waals surface area contributed by atoms with E-state index in [0.29, 0.717) is 16.5 Å². The van der Waals surface area contributed by atoms with Crippen molar-refractivity contribution in [1.82, 2.24) is 0 Å². The van der Waals surface area contributed by atoms with Crippen LogP contribution in [0.3, 0.4) is 0 Å². The summed E-state index contributed by atoms with van der Waals surface area (Å²) in [6.45, 7) is 1.79. The summed E-state index contributed by atoms with van der Waals surface area (Å²) in [4.78, 5) is 11.2. The number of ketones is 1. The van der Waals surface area contributed by atoms with E-state index in [0.717, 1.165) is 0 Å². The lowest BCUT2D eigenvalue weighted by molar-refractivity contribution is 0.0987. The maximum Gasteiger partial charge on any atom is 0.163 e. The normalized spacial score (nSPS) is 9.83. The van der Waals surface area contributed by atoms with E-state index in [1.54, 1.807) is 19.1 Å². The van der Waals surface area contributed by atoms with Crippen molar-refractivity contribution >= 4 is 21.7 Å². The fourth-order valence-electron chi connectivity index (χ4n) is 0.926. The van der Waals surface area contributed by atoms with E-state index in [1.807, 2.05) is 0 Å². The van der Waals surface area contributed by atoms with Gasteiger partial charge in [-0.1, -0.05) is 13.0 Å². The lowest BCUT2D eigenvalue weighted by Crippen LogP contribution is -1.97. The van der Waals surface area contributed by atoms with Gasteiger partial charge < -0.3 is 5.11 Å². The molecule has 0 unspecified atom stereocenters. The minimum atomic E-state index is 0.0257. The van der Waals surface area contributed by atoms with Gasteiger partial charge >= 0.3 is 0 Å². The number of carbonyl (C=O) groups excluding carboxylic acids is 1. The molecule has 0 aromatic heterocycles. The van der Waals surface area contributed by atoms with E-state index in [9.17, 15) is 9.90 Å². The number of rotatable bonds is 2. The first kappa shape index (κ1) is 9.26. The molecule has 1 rings (SSSR count). The SMILES string of the molecule is CCC(=O)c1cccc(O)c1Br. The largest absolute Gasteiger partial charge is 0.507 e. The van der Waals surface area contributed by atoms with Crippen LogP contribution in [0.5, 0.6) is 5.75 Å². The molecule has 12 heavy (non-hydrogen) atoms. The van der Waals surface area contributed by atoms with E-state index in [2.05, 4.69) is 15.9 Å². The Bertz CT molecular complexity index is 307. The first-order valence-electron chi connectivity index (χ1n) is 3.67. The molecule has 0 radical (unpaired) electrons. The number of carbonyl (C=O) groups is 1. The molecule has 0 amide bonds. The van der Waals surface area contributed by atoms with Crippen LogP contribution in [0.4, 0.5) is 0 Å². The molecule has 0 aliphatic carbocycles. The quantitative estimate of drug-likeness (QED) is 0.791. The number of hydrogen-bond acceptors (Lipinski definition) is 2. The fourth-order valence-corrected chi connectivity index (χ4v) is 1.41. The molecular weight excluding hydrogens is 220 g/mol. The van der Waals surface area contributed by atoms with Crippen LogP contribution in [0.2, 0.25) is 0 Å². The predicted molar refractivity (Wildman–Crippen MR) is 50.4 cm³/mol. The average molecular weight is 229 g/mol. The Morgan fingerprint density at radius 3 is 2.83 bits per heavy atom. The molecule has 0 aliphatic heterocycles. The second-order valence-electron chi connectivity index (χ2n) is 2.42. The number of phenols is 1. The van der Waals surface area contributed by atoms with Gasteiger partial charge in [0.2, 0.25) is 0 Å². The van der Waals surface area contributed by atoms with Crippen molar-refractivity contribution in [3.63, 3.8) is 0 Å². The molecule has 0 heterocycles. The molecule has 0 atom stereocenters. The molecule has 0 bridgehead atoms. The zero-order chi connectivity index (χ0) is 9.14. The van der Waals surface area contributed by atoms with Gasteiger partial charge in [0.25, 0.3) is 0 Å². The van der Waals surface area contributed by atoms with Crippen LogP contribution >= 0.6 is 15.9 Å². The molecular formula is C9H9BrO2. The number of aromatic hydroxyl groups is 1. The monoisotopic (exact) mass is 228 g/mol. The van der Waals surface area contributed by atoms with E-state index < -0.39 is 0 Å². The van der Waals surface area contributed by atoms with Crippen LogP contribution in [0.1, 0.15) is 23.7 Å². The first-order valence-corrected chi connectivity index (χ1v) is 4.46. The summed E-state index contributed by atoms with van der Waals surface area (Å²) in [5, 5.41) is 9.25. The van der Waals surface area contributed by atoms with Crippen molar-refractivity contribution < 1.29 is 9.90 Å². The highest BCUT2D eigenvalue weighted by atomic mass is 79.9. The number of phenolic OH excluding ortho intramolecular Hbond substituents is 1. The Kier molecular flexibility index (Phi) is 2.87. The smallest absolute Gasteiger partial charge is 0.163 e. The zero-order valence-corrected chi connectivity index (χ0v) is 8.26. The maximum absolute atomic E-state index is 11.2. The van der Waals surface area contributed by atoms with Gasteiger partial charge in [0.15, 0.2) is 5.78 Å². The highest BCUT2D eigenvalue weighted by molar-refractivity contribution is 9.10. The van der Waals surface area contributed by atoms with Crippen LogP contribution in [-0.2, 0) is 0 Å². The number of halogens is 1. The molecule has 1 N–H and O–H groups in total. The Labute approximate surface area is 79.3 Å². The van der Waals surface area contributed by atoms with Crippen molar-refractivity contribution in [2.24, 2.45) is 0 Å². The van der Waals surface area contributed by atoms with Crippen molar-refractivity contribution in [2.75, 3.05) is 0 Å². The minimum absolute atomic E-state index is 0.0257. The van der Waals surface area contributed by atoms with Gasteiger partial charge in [-0.05, 0) is 28.1 Å². The third kappa shape index (κ3) is 1.67. The second-order valence-corrected chi connectivity index (χ2v) is 3.21. The summed E-state index contributed by atoms with van der Waals surface area (Å²) >= 11 is 3.15. The minimum Gasteiger partial charge on any atom is -0.507 e.